The van der Waals surface area contributed by atoms with Gasteiger partial charge in [0.15, 0.2) is 4.38 Å². The molecule has 0 bridgehead atoms. The largest absolute Gasteiger partial charge is 0.402 e. The number of hydrogen-bond acceptors (Lipinski definition) is 7. The Kier molecular flexibility index (Phi) is 5.64. The maximum Gasteiger partial charge on any atom is 0.157 e. The molecule has 0 spiro atoms. The van der Waals surface area contributed by atoms with Crippen molar-refractivity contribution in [3.63, 3.8) is 0 Å². The number of hydrazone groups is 1. The van der Waals surface area contributed by atoms with Gasteiger partial charge in [-0.15, -0.1) is 0 Å². The first-order valence-corrected chi connectivity index (χ1v) is 8.77. The zero-order valence-corrected chi connectivity index (χ0v) is 15.0. The number of rotatable bonds is 3. The third kappa shape index (κ3) is 4.47. The van der Waals surface area contributed by atoms with E-state index in [1.165, 1.54) is 11.8 Å². The molecule has 0 fully saturated rings. The second kappa shape index (κ2) is 7.49. The maximum absolute atomic E-state index is 9.23. The van der Waals surface area contributed by atoms with Crippen molar-refractivity contribution in [1.82, 2.24) is 5.01 Å². The van der Waals surface area contributed by atoms with E-state index in [0.29, 0.717) is 22.0 Å². The van der Waals surface area contributed by atoms with Crippen molar-refractivity contribution in [3.05, 3.63) is 57.4 Å². The van der Waals surface area contributed by atoms with Gasteiger partial charge in [-0.25, -0.2) is 0 Å². The van der Waals surface area contributed by atoms with Gasteiger partial charge in [0.1, 0.15) is 0 Å². The lowest BCUT2D eigenvalue weighted by molar-refractivity contribution is 0.459. The Morgan fingerprint density at radius 2 is 2.26 bits per heavy atom. The summed E-state index contributed by atoms with van der Waals surface area (Å²) in [5.41, 5.74) is 16.1. The molecular formula is C16H19N5S2. The normalized spacial score (nSPS) is 15.5. The standard InChI is InChI=1S/C16H19N5S2/c1-10-4-5-12(13(6-10)8-17)9-22-16-20-21(3)14(7-11(2)18)15(19)23-16/h4-7H,9,18-19H2,1-3H3/b11-7-. The van der Waals surface area contributed by atoms with Crippen LogP contribution in [0.2, 0.25) is 0 Å². The number of nitrogens with zero attached hydrogens (tertiary/aromatic N) is 3. The zero-order chi connectivity index (χ0) is 17.0. The van der Waals surface area contributed by atoms with Gasteiger partial charge in [-0.3, -0.25) is 5.01 Å². The molecule has 2 rings (SSSR count). The summed E-state index contributed by atoms with van der Waals surface area (Å²) >= 11 is 2.99. The highest BCUT2D eigenvalue weighted by molar-refractivity contribution is 8.40. The minimum Gasteiger partial charge on any atom is -0.402 e. The van der Waals surface area contributed by atoms with Crippen molar-refractivity contribution >= 4 is 27.9 Å². The molecule has 0 aromatic heterocycles. The van der Waals surface area contributed by atoms with Crippen LogP contribution in [-0.2, 0) is 5.75 Å². The van der Waals surface area contributed by atoms with Crippen LogP contribution in [0.1, 0.15) is 23.6 Å². The van der Waals surface area contributed by atoms with Gasteiger partial charge in [0, 0.05) is 18.5 Å². The van der Waals surface area contributed by atoms with Crippen molar-refractivity contribution in [1.29, 1.82) is 5.26 Å². The van der Waals surface area contributed by atoms with E-state index in [0.717, 1.165) is 21.2 Å². The molecule has 1 aromatic carbocycles. The van der Waals surface area contributed by atoms with E-state index in [1.807, 2.05) is 39.1 Å². The van der Waals surface area contributed by atoms with E-state index in [1.54, 1.807) is 22.8 Å². The van der Waals surface area contributed by atoms with Gasteiger partial charge in [-0.05, 0) is 48.9 Å². The third-order valence-electron chi connectivity index (χ3n) is 3.13. The van der Waals surface area contributed by atoms with Gasteiger partial charge >= 0.3 is 0 Å². The molecule has 5 nitrogen and oxygen atoms in total. The molecule has 0 atom stereocenters. The smallest absolute Gasteiger partial charge is 0.157 e. The predicted molar refractivity (Wildman–Crippen MR) is 99.1 cm³/mol. The SMILES string of the molecule is C/C(N)=C/C1=C(N)SC(SCc2ccc(C)cc2C#N)=NN1C. The van der Waals surface area contributed by atoms with Crippen LogP contribution in [0.15, 0.2) is 45.8 Å². The summed E-state index contributed by atoms with van der Waals surface area (Å²) in [6.07, 6.45) is 1.81. The molecule has 0 aliphatic carbocycles. The van der Waals surface area contributed by atoms with Gasteiger partial charge in [0.05, 0.1) is 22.4 Å². The summed E-state index contributed by atoms with van der Waals surface area (Å²) < 4.78 is 0.848. The Balaban J connectivity index is 2.09. The van der Waals surface area contributed by atoms with Crippen molar-refractivity contribution in [3.8, 4) is 6.07 Å². The third-order valence-corrected chi connectivity index (χ3v) is 5.20. The number of nitrogens with two attached hydrogens (primary N) is 2. The van der Waals surface area contributed by atoms with Crippen LogP contribution in [-0.4, -0.2) is 16.4 Å². The first-order valence-electron chi connectivity index (χ1n) is 6.97. The summed E-state index contributed by atoms with van der Waals surface area (Å²) in [4.78, 5) is 0. The van der Waals surface area contributed by atoms with Crippen LogP contribution in [0, 0.1) is 18.3 Å². The van der Waals surface area contributed by atoms with E-state index in [-0.39, 0.29) is 0 Å². The average Bonchev–Trinajstić information content (AvgIpc) is 2.49. The van der Waals surface area contributed by atoms with Crippen molar-refractivity contribution in [2.45, 2.75) is 19.6 Å². The van der Waals surface area contributed by atoms with Crippen molar-refractivity contribution in [2.75, 3.05) is 7.05 Å². The lowest BCUT2D eigenvalue weighted by atomic mass is 10.1. The molecule has 0 radical (unpaired) electrons. The fourth-order valence-electron chi connectivity index (χ4n) is 2.00. The molecule has 4 N–H and O–H groups in total. The van der Waals surface area contributed by atoms with Crippen LogP contribution in [0.5, 0.6) is 0 Å². The molecule has 7 heteroatoms. The Morgan fingerprint density at radius 1 is 1.52 bits per heavy atom. The molecule has 23 heavy (non-hydrogen) atoms. The second-order valence-electron chi connectivity index (χ2n) is 5.19. The molecular weight excluding hydrogens is 326 g/mol. The summed E-state index contributed by atoms with van der Waals surface area (Å²) in [6.45, 7) is 3.79. The summed E-state index contributed by atoms with van der Waals surface area (Å²) in [5, 5.41) is 16.1. The predicted octanol–water partition coefficient (Wildman–Crippen LogP) is 3.04. The fourth-order valence-corrected chi connectivity index (χ4v) is 4.04. The first kappa shape index (κ1) is 17.3. The number of likely N-dealkylation sites (N-methyl/N-ethyl adjacent to an activating group) is 1. The Hall–Kier alpha value is -2.04. The number of benzene rings is 1. The molecule has 1 aliphatic heterocycles. The van der Waals surface area contributed by atoms with Gasteiger partial charge in [0.25, 0.3) is 0 Å². The highest BCUT2D eigenvalue weighted by Gasteiger charge is 2.18. The van der Waals surface area contributed by atoms with Gasteiger partial charge in [-0.2, -0.15) is 10.4 Å². The molecule has 0 amide bonds. The molecule has 0 saturated heterocycles. The molecule has 1 aromatic rings. The Bertz CT molecular complexity index is 739. The molecule has 120 valence electrons. The lowest BCUT2D eigenvalue weighted by Gasteiger charge is -2.23. The van der Waals surface area contributed by atoms with Gasteiger partial charge < -0.3 is 11.5 Å². The van der Waals surface area contributed by atoms with Gasteiger partial charge in [-0.1, -0.05) is 23.9 Å². The van der Waals surface area contributed by atoms with Crippen LogP contribution >= 0.6 is 23.5 Å². The number of allylic oxidation sites excluding steroid dienone is 2. The van der Waals surface area contributed by atoms with E-state index < -0.39 is 0 Å². The number of hydrogen-bond donors (Lipinski definition) is 2. The molecule has 0 saturated carbocycles. The summed E-state index contributed by atoms with van der Waals surface area (Å²) in [7, 11) is 1.84. The van der Waals surface area contributed by atoms with E-state index >= 15 is 0 Å². The summed E-state index contributed by atoms with van der Waals surface area (Å²) in [6, 6.07) is 8.15. The maximum atomic E-state index is 9.23. The molecule has 0 unspecified atom stereocenters. The van der Waals surface area contributed by atoms with Crippen LogP contribution in [0.3, 0.4) is 0 Å². The summed E-state index contributed by atoms with van der Waals surface area (Å²) in [5.74, 6) is 0.678. The highest BCUT2D eigenvalue weighted by Crippen LogP contribution is 2.33. The monoisotopic (exact) mass is 345 g/mol. The van der Waals surface area contributed by atoms with Gasteiger partial charge in [0.2, 0.25) is 0 Å². The first-order chi connectivity index (χ1) is 10.9. The van der Waals surface area contributed by atoms with Crippen molar-refractivity contribution < 1.29 is 0 Å². The molecule has 1 aliphatic rings. The van der Waals surface area contributed by atoms with E-state index in [9.17, 15) is 5.26 Å². The molecule has 1 heterocycles. The quantitative estimate of drug-likeness (QED) is 0.875. The number of nitriles is 1. The minimum atomic E-state index is 0.666. The number of aryl methyl sites for hydroxylation is 1. The number of thioether (sulfide) groups is 2. The lowest BCUT2D eigenvalue weighted by Crippen LogP contribution is -2.20. The van der Waals surface area contributed by atoms with Crippen LogP contribution in [0.25, 0.3) is 0 Å². The fraction of sp³-hybridized carbons (Fsp3) is 0.250. The topological polar surface area (TPSA) is 91.4 Å². The van der Waals surface area contributed by atoms with Crippen LogP contribution in [0.4, 0.5) is 0 Å². The second-order valence-corrected chi connectivity index (χ2v) is 7.44. The van der Waals surface area contributed by atoms with Crippen molar-refractivity contribution in [2.24, 2.45) is 16.6 Å². The zero-order valence-electron chi connectivity index (χ0n) is 13.3. The van der Waals surface area contributed by atoms with Crippen LogP contribution < -0.4 is 11.5 Å². The van der Waals surface area contributed by atoms with E-state index in [4.69, 9.17) is 11.5 Å². The highest BCUT2D eigenvalue weighted by atomic mass is 32.2. The minimum absolute atomic E-state index is 0.666. The van der Waals surface area contributed by atoms with E-state index in [2.05, 4.69) is 11.2 Å². The Morgan fingerprint density at radius 3 is 2.87 bits per heavy atom. The Labute approximate surface area is 145 Å². The average molecular weight is 345 g/mol.